The maximum absolute atomic E-state index is 11.8. The van der Waals surface area contributed by atoms with Gasteiger partial charge in [-0.1, -0.05) is 6.92 Å². The molecular weight excluding hydrogens is 198 g/mol. The van der Waals surface area contributed by atoms with Crippen LogP contribution in [0.1, 0.15) is 13.3 Å². The lowest BCUT2D eigenvalue weighted by molar-refractivity contribution is -0.131. The molecule has 14 heavy (non-hydrogen) atoms. The largest absolute Gasteiger partial charge is 0.306 e. The van der Waals surface area contributed by atoms with E-state index in [4.69, 9.17) is 0 Å². The van der Waals surface area contributed by atoms with Crippen molar-refractivity contribution in [1.82, 2.24) is 4.90 Å². The van der Waals surface area contributed by atoms with E-state index in [0.717, 1.165) is 11.3 Å². The van der Waals surface area contributed by atoms with Crippen LogP contribution < -0.4 is 0 Å². The van der Waals surface area contributed by atoms with E-state index >= 15 is 0 Å². The summed E-state index contributed by atoms with van der Waals surface area (Å²) in [5.41, 5.74) is 0.323. The second-order valence-electron chi connectivity index (χ2n) is 3.10. The van der Waals surface area contributed by atoms with E-state index < -0.39 is 0 Å². The average Bonchev–Trinajstić information content (AvgIpc) is 2.21. The first kappa shape index (κ1) is 11.1. The van der Waals surface area contributed by atoms with Crippen LogP contribution in [-0.2, 0) is 9.59 Å². The fourth-order valence-corrected chi connectivity index (χ4v) is 2.26. The second kappa shape index (κ2) is 4.49. The third-order valence-corrected chi connectivity index (χ3v) is 3.23. The van der Waals surface area contributed by atoms with E-state index in [-0.39, 0.29) is 11.8 Å². The summed E-state index contributed by atoms with van der Waals surface area (Å²) in [7, 11) is 1.61. The van der Waals surface area contributed by atoms with E-state index in [1.54, 1.807) is 19.1 Å². The van der Waals surface area contributed by atoms with Gasteiger partial charge in [0.05, 0.1) is 5.92 Å². The highest BCUT2D eigenvalue weighted by Crippen LogP contribution is 2.32. The molecule has 0 aromatic rings. The van der Waals surface area contributed by atoms with Crippen LogP contribution in [0.25, 0.3) is 0 Å². The van der Waals surface area contributed by atoms with Crippen LogP contribution >= 0.6 is 11.8 Å². The quantitative estimate of drug-likeness (QED) is 0.649. The van der Waals surface area contributed by atoms with Gasteiger partial charge in [0.15, 0.2) is 5.94 Å². The van der Waals surface area contributed by atoms with Gasteiger partial charge in [0.25, 0.3) is 0 Å². The Morgan fingerprint density at radius 3 is 2.71 bits per heavy atom. The van der Waals surface area contributed by atoms with Crippen molar-refractivity contribution >= 4 is 23.6 Å². The third-order valence-electron chi connectivity index (χ3n) is 2.36. The number of rotatable bonds is 2. The van der Waals surface area contributed by atoms with Crippen LogP contribution in [0.2, 0.25) is 0 Å². The van der Waals surface area contributed by atoms with Gasteiger partial charge in [0.2, 0.25) is 5.91 Å². The van der Waals surface area contributed by atoms with Crippen molar-refractivity contribution in [3.05, 3.63) is 16.7 Å². The van der Waals surface area contributed by atoms with Crippen molar-refractivity contribution in [2.45, 2.75) is 13.3 Å². The lowest BCUT2D eigenvalue weighted by Gasteiger charge is -2.28. The molecule has 0 saturated heterocycles. The summed E-state index contributed by atoms with van der Waals surface area (Å²) in [6.45, 7) is 1.97. The lowest BCUT2D eigenvalue weighted by Crippen LogP contribution is -2.36. The number of nitrogens with zero attached hydrogens (tertiary/aromatic N) is 1. The molecule has 3 nitrogen and oxygen atoms in total. The molecule has 1 heterocycles. The first-order valence-corrected chi connectivity index (χ1v) is 5.66. The van der Waals surface area contributed by atoms with Gasteiger partial charge in [-0.05, 0) is 23.7 Å². The Bertz CT molecular complexity index is 329. The molecule has 0 spiro atoms. The van der Waals surface area contributed by atoms with Crippen LogP contribution in [0.3, 0.4) is 0 Å². The van der Waals surface area contributed by atoms with Crippen LogP contribution in [0, 0.1) is 5.92 Å². The second-order valence-corrected chi connectivity index (χ2v) is 3.98. The molecule has 1 aliphatic rings. The number of hydrogen-bond donors (Lipinski definition) is 0. The van der Waals surface area contributed by atoms with E-state index in [1.807, 2.05) is 13.2 Å². The van der Waals surface area contributed by atoms with Gasteiger partial charge < -0.3 is 4.90 Å². The highest BCUT2D eigenvalue weighted by molar-refractivity contribution is 8.02. The Kier molecular flexibility index (Phi) is 3.55. The van der Waals surface area contributed by atoms with E-state index in [2.05, 4.69) is 0 Å². The summed E-state index contributed by atoms with van der Waals surface area (Å²) in [5, 5.41) is 0. The van der Waals surface area contributed by atoms with Gasteiger partial charge >= 0.3 is 0 Å². The number of carbonyl (C=O) groups excluding carboxylic acids is 2. The SMILES string of the molecule is CCC1C(=O)N(C)C(=C=O)C=C1SC. The van der Waals surface area contributed by atoms with Crippen LogP contribution in [-0.4, -0.2) is 30.1 Å². The molecule has 0 N–H and O–H groups in total. The highest BCUT2D eigenvalue weighted by atomic mass is 32.2. The Morgan fingerprint density at radius 1 is 1.64 bits per heavy atom. The summed E-state index contributed by atoms with van der Waals surface area (Å²) in [4.78, 5) is 24.7. The zero-order valence-electron chi connectivity index (χ0n) is 8.53. The molecule has 0 aromatic carbocycles. The van der Waals surface area contributed by atoms with Crippen molar-refractivity contribution in [2.24, 2.45) is 5.92 Å². The minimum Gasteiger partial charge on any atom is -0.306 e. The Morgan fingerprint density at radius 2 is 2.29 bits per heavy atom. The van der Waals surface area contributed by atoms with E-state index in [1.165, 1.54) is 16.7 Å². The molecule has 1 atom stereocenters. The molecule has 0 fully saturated rings. The van der Waals surface area contributed by atoms with Gasteiger partial charge in [-0.2, -0.15) is 0 Å². The number of likely N-dealkylation sites (N-methyl/N-ethyl adjacent to an activating group) is 1. The average molecular weight is 211 g/mol. The lowest BCUT2D eigenvalue weighted by atomic mass is 10.00. The zero-order chi connectivity index (χ0) is 10.7. The summed E-state index contributed by atoms with van der Waals surface area (Å²) in [5.74, 6) is 1.67. The maximum atomic E-state index is 11.8. The molecule has 1 rings (SSSR count). The van der Waals surface area contributed by atoms with Crippen molar-refractivity contribution in [2.75, 3.05) is 13.3 Å². The van der Waals surface area contributed by atoms with Crippen LogP contribution in [0.15, 0.2) is 16.7 Å². The molecule has 1 amide bonds. The molecule has 0 aliphatic carbocycles. The number of thioether (sulfide) groups is 1. The third kappa shape index (κ3) is 1.76. The smallest absolute Gasteiger partial charge is 0.235 e. The van der Waals surface area contributed by atoms with Crippen molar-refractivity contribution in [3.8, 4) is 0 Å². The monoisotopic (exact) mass is 211 g/mol. The Hall–Kier alpha value is -0.990. The summed E-state index contributed by atoms with van der Waals surface area (Å²) in [6, 6.07) is 0. The van der Waals surface area contributed by atoms with Crippen molar-refractivity contribution in [3.63, 3.8) is 0 Å². The summed E-state index contributed by atoms with van der Waals surface area (Å²) in [6.07, 6.45) is 4.42. The fraction of sp³-hybridized carbons (Fsp3) is 0.500. The minimum atomic E-state index is -0.0906. The number of carbonyl (C=O) groups is 1. The predicted octanol–water partition coefficient (Wildman–Crippen LogP) is 1.45. The molecule has 1 unspecified atom stereocenters. The molecule has 1 aliphatic heterocycles. The normalized spacial score (nSPS) is 22.1. The molecule has 0 saturated carbocycles. The summed E-state index contributed by atoms with van der Waals surface area (Å²) >= 11 is 1.52. The van der Waals surface area contributed by atoms with Crippen molar-refractivity contribution < 1.29 is 9.59 Å². The highest BCUT2D eigenvalue weighted by Gasteiger charge is 2.30. The van der Waals surface area contributed by atoms with Gasteiger partial charge in [0, 0.05) is 7.05 Å². The Labute approximate surface area is 87.8 Å². The van der Waals surface area contributed by atoms with Gasteiger partial charge in [0.1, 0.15) is 5.70 Å². The fourth-order valence-electron chi connectivity index (χ4n) is 1.48. The number of hydrogen-bond acceptors (Lipinski definition) is 3. The topological polar surface area (TPSA) is 37.4 Å². The van der Waals surface area contributed by atoms with Crippen molar-refractivity contribution in [1.29, 1.82) is 0 Å². The first-order valence-electron chi connectivity index (χ1n) is 4.44. The summed E-state index contributed by atoms with van der Waals surface area (Å²) < 4.78 is 0. The van der Waals surface area contributed by atoms with Gasteiger partial charge in [-0.15, -0.1) is 11.8 Å². The van der Waals surface area contributed by atoms with Gasteiger partial charge in [-0.3, -0.25) is 4.79 Å². The molecule has 0 aromatic heterocycles. The zero-order valence-corrected chi connectivity index (χ0v) is 9.35. The van der Waals surface area contributed by atoms with E-state index in [9.17, 15) is 9.59 Å². The molecule has 76 valence electrons. The van der Waals surface area contributed by atoms with Crippen LogP contribution in [0.5, 0.6) is 0 Å². The minimum absolute atomic E-state index is 0.0160. The molecule has 0 radical (unpaired) electrons. The Balaban J connectivity index is 3.15. The first-order chi connectivity index (χ1) is 6.65. The van der Waals surface area contributed by atoms with E-state index in [0.29, 0.717) is 5.70 Å². The molecule has 0 bridgehead atoms. The predicted molar refractivity (Wildman–Crippen MR) is 57.4 cm³/mol. The molecule has 4 heteroatoms. The van der Waals surface area contributed by atoms with Gasteiger partial charge in [-0.25, -0.2) is 4.79 Å². The molecular formula is C10H13NO2S. The number of allylic oxidation sites excluding steroid dienone is 1. The maximum Gasteiger partial charge on any atom is 0.235 e. The number of amides is 1. The van der Waals surface area contributed by atoms with Crippen LogP contribution in [0.4, 0.5) is 0 Å². The standard InChI is InChI=1S/C10H13NO2S/c1-4-8-9(14-3)5-7(6-12)11(2)10(8)13/h5,8H,4H2,1-3H3.